The first-order valence-corrected chi connectivity index (χ1v) is 9.63. The first kappa shape index (κ1) is 15.0. The van der Waals surface area contributed by atoms with E-state index in [-0.39, 0.29) is 0 Å². The van der Waals surface area contributed by atoms with E-state index in [1.807, 2.05) is 11.1 Å². The molecule has 0 aromatic carbocycles. The van der Waals surface area contributed by atoms with E-state index in [1.165, 1.54) is 64.3 Å². The van der Waals surface area contributed by atoms with E-state index in [0.717, 1.165) is 17.9 Å². The van der Waals surface area contributed by atoms with Crippen LogP contribution in [0.15, 0.2) is 22.8 Å². The van der Waals surface area contributed by atoms with Crippen molar-refractivity contribution in [3.63, 3.8) is 0 Å². The Morgan fingerprint density at radius 2 is 1.86 bits per heavy atom. The molecule has 4 rings (SSSR count). The third-order valence-electron chi connectivity index (χ3n) is 7.42. The van der Waals surface area contributed by atoms with Crippen LogP contribution in [0, 0.1) is 17.3 Å². The Balaban J connectivity index is 1.29. The summed E-state index contributed by atoms with van der Waals surface area (Å²) < 4.78 is 0. The molecule has 0 spiro atoms. The highest BCUT2D eigenvalue weighted by molar-refractivity contribution is 5.27. The highest BCUT2D eigenvalue weighted by Gasteiger charge is 2.39. The Bertz CT molecular complexity index is 494. The second-order valence-electron chi connectivity index (χ2n) is 9.16. The molecule has 0 N–H and O–H groups in total. The van der Waals surface area contributed by atoms with Crippen molar-refractivity contribution in [1.29, 1.82) is 0 Å². The van der Waals surface area contributed by atoms with Gasteiger partial charge in [0.05, 0.1) is 0 Å². The summed E-state index contributed by atoms with van der Waals surface area (Å²) in [4.78, 5) is 2.68. The molecule has 0 aliphatic heterocycles. The highest BCUT2D eigenvalue weighted by Crippen LogP contribution is 2.51. The second-order valence-corrected chi connectivity index (χ2v) is 9.16. The zero-order valence-corrected chi connectivity index (χ0v) is 14.8. The molecule has 1 nitrogen and oxygen atoms in total. The van der Waals surface area contributed by atoms with Gasteiger partial charge in [-0.3, -0.25) is 0 Å². The Labute approximate surface area is 136 Å². The van der Waals surface area contributed by atoms with Crippen LogP contribution in [0.1, 0.15) is 71.6 Å². The van der Waals surface area contributed by atoms with Crippen LogP contribution in [0.25, 0.3) is 0 Å². The van der Waals surface area contributed by atoms with E-state index in [1.54, 1.807) is 5.57 Å². The lowest BCUT2D eigenvalue weighted by Crippen LogP contribution is -2.35. The van der Waals surface area contributed by atoms with Crippen LogP contribution >= 0.6 is 0 Å². The van der Waals surface area contributed by atoms with Crippen molar-refractivity contribution in [3.05, 3.63) is 22.8 Å². The van der Waals surface area contributed by atoms with Gasteiger partial charge in [0, 0.05) is 6.04 Å². The summed E-state index contributed by atoms with van der Waals surface area (Å²) in [5.74, 6) is 1.82. The van der Waals surface area contributed by atoms with Gasteiger partial charge in [0.2, 0.25) is 0 Å². The first-order valence-electron chi connectivity index (χ1n) is 9.63. The van der Waals surface area contributed by atoms with Crippen molar-refractivity contribution in [3.8, 4) is 0 Å². The fraction of sp³-hybridized carbons (Fsp3) is 0.810. The van der Waals surface area contributed by atoms with Crippen LogP contribution in [0.2, 0.25) is 0 Å². The highest BCUT2D eigenvalue weighted by atomic mass is 15.1. The van der Waals surface area contributed by atoms with Gasteiger partial charge in [-0.15, -0.1) is 0 Å². The van der Waals surface area contributed by atoms with Crippen LogP contribution in [0.5, 0.6) is 0 Å². The summed E-state index contributed by atoms with van der Waals surface area (Å²) in [6, 6.07) is 0.819. The molecule has 0 aromatic heterocycles. The zero-order valence-electron chi connectivity index (χ0n) is 14.8. The van der Waals surface area contributed by atoms with Gasteiger partial charge in [-0.2, -0.15) is 0 Å². The minimum absolute atomic E-state index is 0.480. The van der Waals surface area contributed by atoms with Gasteiger partial charge in [0.25, 0.3) is 0 Å². The molecular weight excluding hydrogens is 266 g/mol. The van der Waals surface area contributed by atoms with Crippen LogP contribution in [-0.4, -0.2) is 24.5 Å². The molecule has 4 aliphatic carbocycles. The maximum Gasteiger partial charge on any atom is 0.0167 e. The summed E-state index contributed by atoms with van der Waals surface area (Å²) >= 11 is 0. The summed E-state index contributed by atoms with van der Waals surface area (Å²) in [6.45, 7) is 6.31. The topological polar surface area (TPSA) is 3.24 Å². The van der Waals surface area contributed by atoms with Crippen LogP contribution in [0.3, 0.4) is 0 Å². The maximum atomic E-state index is 2.68. The maximum absolute atomic E-state index is 2.68. The van der Waals surface area contributed by atoms with Gasteiger partial charge in [0.15, 0.2) is 0 Å². The normalized spacial score (nSPS) is 31.5. The third kappa shape index (κ3) is 2.60. The Morgan fingerprint density at radius 3 is 2.41 bits per heavy atom. The van der Waals surface area contributed by atoms with E-state index >= 15 is 0 Å². The number of fused-ring (bicyclic) bond motifs is 1. The van der Waals surface area contributed by atoms with E-state index in [2.05, 4.69) is 31.9 Å². The molecule has 0 heterocycles. The number of nitrogens with zero attached hydrogens (tertiary/aromatic N) is 1. The molecule has 0 bridgehead atoms. The van der Waals surface area contributed by atoms with Crippen molar-refractivity contribution in [1.82, 2.24) is 4.90 Å². The van der Waals surface area contributed by atoms with Gasteiger partial charge in [0.1, 0.15) is 0 Å². The van der Waals surface area contributed by atoms with E-state index in [9.17, 15) is 0 Å². The molecule has 0 radical (unpaired) electrons. The quantitative estimate of drug-likeness (QED) is 0.620. The minimum atomic E-state index is 0.480. The average molecular weight is 300 g/mol. The first-order chi connectivity index (χ1) is 10.5. The molecule has 2 unspecified atom stereocenters. The van der Waals surface area contributed by atoms with Crippen LogP contribution in [0.4, 0.5) is 0 Å². The number of hydrogen-bond donors (Lipinski definition) is 0. The molecule has 4 aliphatic rings. The van der Waals surface area contributed by atoms with E-state index in [0.29, 0.717) is 5.41 Å². The largest absolute Gasteiger partial charge is 0.303 e. The Hall–Kier alpha value is -0.560. The molecule has 1 heteroatoms. The smallest absolute Gasteiger partial charge is 0.0167 e. The van der Waals surface area contributed by atoms with Crippen molar-refractivity contribution in [2.75, 3.05) is 13.6 Å². The fourth-order valence-electron chi connectivity index (χ4n) is 5.33. The molecule has 1 saturated carbocycles. The summed E-state index contributed by atoms with van der Waals surface area (Å²) in [5.41, 5.74) is 5.93. The fourth-order valence-corrected chi connectivity index (χ4v) is 5.33. The van der Waals surface area contributed by atoms with Gasteiger partial charge < -0.3 is 4.90 Å². The lowest BCUT2D eigenvalue weighted by atomic mass is 9.74. The number of rotatable bonds is 5. The Morgan fingerprint density at radius 1 is 1.14 bits per heavy atom. The predicted octanol–water partition coefficient (Wildman–Crippen LogP) is 5.33. The van der Waals surface area contributed by atoms with Gasteiger partial charge in [-0.25, -0.2) is 0 Å². The molecule has 2 atom stereocenters. The molecule has 1 fully saturated rings. The van der Waals surface area contributed by atoms with Gasteiger partial charge >= 0.3 is 0 Å². The molecule has 0 amide bonds. The average Bonchev–Trinajstić information content (AvgIpc) is 3.10. The lowest BCUT2D eigenvalue weighted by molar-refractivity contribution is 0.161. The monoisotopic (exact) mass is 299 g/mol. The van der Waals surface area contributed by atoms with Crippen molar-refractivity contribution in [2.24, 2.45) is 17.3 Å². The van der Waals surface area contributed by atoms with Crippen molar-refractivity contribution < 1.29 is 0 Å². The molecule has 22 heavy (non-hydrogen) atoms. The van der Waals surface area contributed by atoms with E-state index in [4.69, 9.17) is 0 Å². The van der Waals surface area contributed by atoms with Crippen LogP contribution < -0.4 is 0 Å². The van der Waals surface area contributed by atoms with Gasteiger partial charge in [-0.1, -0.05) is 36.6 Å². The van der Waals surface area contributed by atoms with Crippen LogP contribution in [-0.2, 0) is 0 Å². The van der Waals surface area contributed by atoms with Crippen molar-refractivity contribution >= 4 is 0 Å². The zero-order chi connectivity index (χ0) is 15.3. The molecular formula is C21H33N. The summed E-state index contributed by atoms with van der Waals surface area (Å²) in [7, 11) is 2.37. The minimum Gasteiger partial charge on any atom is -0.303 e. The number of allylic oxidation sites excluding steroid dienone is 2. The SMILES string of the molecule is CN(CCC(C)(C)C1C=C2CCC2C1)C1CC2=C(CCC2)C1. The lowest BCUT2D eigenvalue weighted by Gasteiger charge is -2.35. The number of hydrogen-bond acceptors (Lipinski definition) is 1. The van der Waals surface area contributed by atoms with Gasteiger partial charge in [-0.05, 0) is 88.6 Å². The predicted molar refractivity (Wildman–Crippen MR) is 93.8 cm³/mol. The standard InChI is InChI=1S/C21H33N/c1-21(2,19-11-17-7-8-18(17)12-19)9-10-22(3)20-13-15-5-4-6-16(15)14-20/h11,18-20H,4-10,12-14H2,1-3H3. The van der Waals surface area contributed by atoms with E-state index < -0.39 is 0 Å². The molecule has 0 aromatic rings. The second kappa shape index (κ2) is 5.51. The summed E-state index contributed by atoms with van der Waals surface area (Å²) in [5, 5.41) is 0. The molecule has 122 valence electrons. The third-order valence-corrected chi connectivity index (χ3v) is 7.42. The molecule has 0 saturated heterocycles. The Kier molecular flexibility index (Phi) is 3.76. The van der Waals surface area contributed by atoms with Crippen molar-refractivity contribution in [2.45, 2.75) is 77.7 Å². The summed E-state index contributed by atoms with van der Waals surface area (Å²) in [6.07, 6.45) is 15.3.